The summed E-state index contributed by atoms with van der Waals surface area (Å²) in [6, 6.07) is 0.0107. The van der Waals surface area contributed by atoms with Gasteiger partial charge >= 0.3 is 0 Å². The van der Waals surface area contributed by atoms with Crippen molar-refractivity contribution in [2.24, 2.45) is 5.73 Å². The number of aliphatic hydroxyl groups excluding tert-OH is 1. The van der Waals surface area contributed by atoms with Crippen LogP contribution in [-0.4, -0.2) is 17.8 Å². The smallest absolute Gasteiger partial charge is 0.0582 e. The maximum atomic E-state index is 8.51. The van der Waals surface area contributed by atoms with E-state index in [-0.39, 0.29) is 12.6 Å². The van der Waals surface area contributed by atoms with Gasteiger partial charge < -0.3 is 10.8 Å². The van der Waals surface area contributed by atoms with Crippen molar-refractivity contribution in [1.29, 1.82) is 0 Å². The molecule has 56 valence electrons. The summed E-state index contributed by atoms with van der Waals surface area (Å²) in [5, 5.41) is 8.51. The molecule has 3 N–H and O–H groups in total. The molecule has 2 nitrogen and oxygen atoms in total. The molecular weight excluding hydrogens is 114 g/mol. The Hall–Kier alpha value is -0.0800. The molecule has 0 heterocycles. The van der Waals surface area contributed by atoms with Crippen molar-refractivity contribution in [2.45, 2.75) is 38.6 Å². The number of rotatable bonds is 5. The second-order valence-corrected chi connectivity index (χ2v) is 2.44. The van der Waals surface area contributed by atoms with Crippen LogP contribution in [0, 0.1) is 0 Å². The number of unbranched alkanes of at least 4 members (excludes halogenated alkanes) is 2. The zero-order valence-corrected chi connectivity index (χ0v) is 6.14. The standard InChI is InChI=1S/C7H17NO/c1-2-3-4-5-7(8)6-9/h7,9H,2-6,8H2,1H3/t7-/m0/s1. The van der Waals surface area contributed by atoms with E-state index in [4.69, 9.17) is 10.8 Å². The zero-order chi connectivity index (χ0) is 7.11. The first kappa shape index (κ1) is 8.92. The molecule has 0 rings (SSSR count). The van der Waals surface area contributed by atoms with E-state index in [9.17, 15) is 0 Å². The van der Waals surface area contributed by atoms with Crippen LogP contribution >= 0.6 is 0 Å². The normalized spacial score (nSPS) is 13.7. The van der Waals surface area contributed by atoms with Crippen LogP contribution < -0.4 is 5.73 Å². The fourth-order valence-electron chi connectivity index (χ4n) is 0.748. The van der Waals surface area contributed by atoms with Gasteiger partial charge in [-0.3, -0.25) is 0 Å². The van der Waals surface area contributed by atoms with E-state index in [2.05, 4.69) is 6.92 Å². The van der Waals surface area contributed by atoms with Gasteiger partial charge in [0.15, 0.2) is 0 Å². The largest absolute Gasteiger partial charge is 0.395 e. The van der Waals surface area contributed by atoms with E-state index in [0.717, 1.165) is 12.8 Å². The van der Waals surface area contributed by atoms with E-state index in [0.29, 0.717) is 0 Å². The van der Waals surface area contributed by atoms with Gasteiger partial charge in [0.25, 0.3) is 0 Å². The van der Waals surface area contributed by atoms with Gasteiger partial charge in [0.2, 0.25) is 0 Å². The van der Waals surface area contributed by atoms with Gasteiger partial charge in [0, 0.05) is 6.04 Å². The number of hydrogen-bond acceptors (Lipinski definition) is 2. The maximum absolute atomic E-state index is 8.51. The molecule has 0 amide bonds. The quantitative estimate of drug-likeness (QED) is 0.544. The average Bonchev–Trinajstić information content (AvgIpc) is 1.89. The van der Waals surface area contributed by atoms with Crippen LogP contribution in [0.15, 0.2) is 0 Å². The van der Waals surface area contributed by atoms with Crippen LogP contribution in [0.3, 0.4) is 0 Å². The van der Waals surface area contributed by atoms with Crippen LogP contribution in [0.4, 0.5) is 0 Å². The van der Waals surface area contributed by atoms with Crippen LogP contribution in [-0.2, 0) is 0 Å². The Labute approximate surface area is 57.1 Å². The Balaban J connectivity index is 2.88. The van der Waals surface area contributed by atoms with Crippen LogP contribution in [0.5, 0.6) is 0 Å². The highest BCUT2D eigenvalue weighted by molar-refractivity contribution is 4.57. The van der Waals surface area contributed by atoms with Gasteiger partial charge in [-0.2, -0.15) is 0 Å². The molecule has 0 fully saturated rings. The predicted molar refractivity (Wildman–Crippen MR) is 39.2 cm³/mol. The number of aliphatic hydroxyl groups is 1. The fraction of sp³-hybridized carbons (Fsp3) is 1.00. The lowest BCUT2D eigenvalue weighted by Crippen LogP contribution is -2.23. The lowest BCUT2D eigenvalue weighted by molar-refractivity contribution is 0.257. The van der Waals surface area contributed by atoms with Crippen molar-refractivity contribution in [1.82, 2.24) is 0 Å². The van der Waals surface area contributed by atoms with Crippen molar-refractivity contribution in [2.75, 3.05) is 6.61 Å². The molecule has 0 saturated carbocycles. The summed E-state index contributed by atoms with van der Waals surface area (Å²) in [6.07, 6.45) is 4.56. The highest BCUT2D eigenvalue weighted by atomic mass is 16.3. The molecule has 2 heteroatoms. The van der Waals surface area contributed by atoms with Crippen LogP contribution in [0.1, 0.15) is 32.6 Å². The molecule has 1 atom stereocenters. The summed E-state index contributed by atoms with van der Waals surface area (Å²) in [5.41, 5.74) is 5.46. The minimum Gasteiger partial charge on any atom is -0.395 e. The third-order valence-electron chi connectivity index (χ3n) is 1.41. The van der Waals surface area contributed by atoms with Gasteiger partial charge in [0.05, 0.1) is 6.61 Å². The monoisotopic (exact) mass is 131 g/mol. The van der Waals surface area contributed by atoms with Crippen molar-refractivity contribution in [3.8, 4) is 0 Å². The van der Waals surface area contributed by atoms with Gasteiger partial charge in [0.1, 0.15) is 0 Å². The molecule has 0 aliphatic carbocycles. The van der Waals surface area contributed by atoms with Gasteiger partial charge in [-0.15, -0.1) is 0 Å². The minimum absolute atomic E-state index is 0.0107. The van der Waals surface area contributed by atoms with Crippen LogP contribution in [0.2, 0.25) is 0 Å². The summed E-state index contributed by atoms with van der Waals surface area (Å²) in [6.45, 7) is 2.29. The Kier molecular flexibility index (Phi) is 5.99. The molecule has 0 unspecified atom stereocenters. The molecule has 0 bridgehead atoms. The third kappa shape index (κ3) is 5.80. The van der Waals surface area contributed by atoms with E-state index in [1.165, 1.54) is 12.8 Å². The SMILES string of the molecule is CCCCC[C@H](N)CO. The molecule has 0 aromatic carbocycles. The third-order valence-corrected chi connectivity index (χ3v) is 1.41. The first-order chi connectivity index (χ1) is 4.31. The molecule has 0 aromatic rings. The van der Waals surface area contributed by atoms with Crippen LogP contribution in [0.25, 0.3) is 0 Å². The first-order valence-corrected chi connectivity index (χ1v) is 3.67. The van der Waals surface area contributed by atoms with Crippen molar-refractivity contribution in [3.63, 3.8) is 0 Å². The van der Waals surface area contributed by atoms with Gasteiger partial charge in [-0.1, -0.05) is 26.2 Å². The summed E-state index contributed by atoms with van der Waals surface area (Å²) in [5.74, 6) is 0. The predicted octanol–water partition coefficient (Wildman–Crippen LogP) is 0.886. The molecule has 9 heavy (non-hydrogen) atoms. The summed E-state index contributed by atoms with van der Waals surface area (Å²) >= 11 is 0. The Morgan fingerprint density at radius 1 is 1.44 bits per heavy atom. The van der Waals surface area contributed by atoms with Crippen molar-refractivity contribution < 1.29 is 5.11 Å². The summed E-state index contributed by atoms with van der Waals surface area (Å²) in [7, 11) is 0. The van der Waals surface area contributed by atoms with E-state index < -0.39 is 0 Å². The molecular formula is C7H17NO. The molecule has 0 saturated heterocycles. The fourth-order valence-corrected chi connectivity index (χ4v) is 0.748. The average molecular weight is 131 g/mol. The molecule has 0 aliphatic rings. The van der Waals surface area contributed by atoms with E-state index in [1.807, 2.05) is 0 Å². The van der Waals surface area contributed by atoms with Gasteiger partial charge in [-0.05, 0) is 6.42 Å². The maximum Gasteiger partial charge on any atom is 0.0582 e. The number of nitrogens with two attached hydrogens (primary N) is 1. The first-order valence-electron chi connectivity index (χ1n) is 3.67. The summed E-state index contributed by atoms with van der Waals surface area (Å²) < 4.78 is 0. The zero-order valence-electron chi connectivity index (χ0n) is 6.14. The second-order valence-electron chi connectivity index (χ2n) is 2.44. The molecule has 0 aromatic heterocycles. The minimum atomic E-state index is 0.0107. The highest BCUT2D eigenvalue weighted by Gasteiger charge is 1.97. The molecule has 0 radical (unpaired) electrons. The van der Waals surface area contributed by atoms with E-state index >= 15 is 0 Å². The molecule has 0 spiro atoms. The Morgan fingerprint density at radius 2 is 2.11 bits per heavy atom. The number of hydrogen-bond donors (Lipinski definition) is 2. The second kappa shape index (κ2) is 6.05. The summed E-state index contributed by atoms with van der Waals surface area (Å²) in [4.78, 5) is 0. The Bertz CT molecular complexity index is 56.9. The topological polar surface area (TPSA) is 46.2 Å². The van der Waals surface area contributed by atoms with Crippen molar-refractivity contribution >= 4 is 0 Å². The molecule has 0 aliphatic heterocycles. The van der Waals surface area contributed by atoms with E-state index in [1.54, 1.807) is 0 Å². The lowest BCUT2D eigenvalue weighted by atomic mass is 10.1. The lowest BCUT2D eigenvalue weighted by Gasteiger charge is -2.05. The highest BCUT2D eigenvalue weighted by Crippen LogP contribution is 2.00. The van der Waals surface area contributed by atoms with Gasteiger partial charge in [-0.25, -0.2) is 0 Å². The Morgan fingerprint density at radius 3 is 2.56 bits per heavy atom. The van der Waals surface area contributed by atoms with Crippen molar-refractivity contribution in [3.05, 3.63) is 0 Å².